The molecule has 3 aromatic rings. The number of aryl methyl sites for hydroxylation is 4. The number of hydrogen-bond donors (Lipinski definition) is 0. The second-order valence-corrected chi connectivity index (χ2v) is 9.63. The van der Waals surface area contributed by atoms with Gasteiger partial charge in [-0.05, 0) is 112 Å². The van der Waals surface area contributed by atoms with Crippen LogP contribution >= 0.6 is 0 Å². The summed E-state index contributed by atoms with van der Waals surface area (Å²) in [7, 11) is 0. The van der Waals surface area contributed by atoms with Gasteiger partial charge in [-0.25, -0.2) is 0 Å². The Kier molecular flexibility index (Phi) is 7.25. The van der Waals surface area contributed by atoms with Crippen LogP contribution in [0.5, 0.6) is 0 Å². The van der Waals surface area contributed by atoms with Crippen LogP contribution in [0.15, 0.2) is 67.2 Å². The van der Waals surface area contributed by atoms with Gasteiger partial charge < -0.3 is 14.4 Å². The van der Waals surface area contributed by atoms with Crippen LogP contribution in [0.4, 0.5) is 17.1 Å². The van der Waals surface area contributed by atoms with E-state index in [2.05, 4.69) is 114 Å². The van der Waals surface area contributed by atoms with Crippen LogP contribution in [0, 0.1) is 27.7 Å². The molecule has 34 heavy (non-hydrogen) atoms. The second-order valence-electron chi connectivity index (χ2n) is 9.63. The van der Waals surface area contributed by atoms with E-state index in [0.29, 0.717) is 0 Å². The smallest absolute Gasteiger partial charge is 0.184 e. The first-order valence-electron chi connectivity index (χ1n) is 12.3. The second kappa shape index (κ2) is 10.2. The van der Waals surface area contributed by atoms with Gasteiger partial charge in [-0.1, -0.05) is 37.8 Å². The fraction of sp³-hybridized carbons (Fsp3) is 0.355. The fourth-order valence-electron chi connectivity index (χ4n) is 4.46. The lowest BCUT2D eigenvalue weighted by Gasteiger charge is -2.35. The molecule has 1 aliphatic heterocycles. The SMILES string of the molecule is C=C(c1ccc(N(c2ccc(C)c(C)c2)c2ccc(C)c(C)c2)cc1)C1OC(C)CC(CC)O1. The summed E-state index contributed by atoms with van der Waals surface area (Å²) < 4.78 is 12.2. The molecule has 0 N–H and O–H groups in total. The number of rotatable bonds is 6. The van der Waals surface area contributed by atoms with Gasteiger partial charge in [-0.15, -0.1) is 0 Å². The molecule has 178 valence electrons. The minimum absolute atomic E-state index is 0.171. The highest BCUT2D eigenvalue weighted by atomic mass is 16.7. The Bertz CT molecular complexity index is 1110. The number of ether oxygens (including phenoxy) is 2. The Hall–Kier alpha value is -2.88. The third kappa shape index (κ3) is 5.11. The van der Waals surface area contributed by atoms with Gasteiger partial charge in [-0.3, -0.25) is 0 Å². The summed E-state index contributed by atoms with van der Waals surface area (Å²) in [5, 5.41) is 0. The van der Waals surface area contributed by atoms with E-state index in [-0.39, 0.29) is 12.2 Å². The number of benzene rings is 3. The van der Waals surface area contributed by atoms with Crippen LogP contribution in [0.1, 0.15) is 54.5 Å². The summed E-state index contributed by atoms with van der Waals surface area (Å²) >= 11 is 0. The quantitative estimate of drug-likeness (QED) is 0.373. The Labute approximate surface area is 205 Å². The first-order chi connectivity index (χ1) is 16.3. The predicted octanol–water partition coefficient (Wildman–Crippen LogP) is 8.33. The lowest BCUT2D eigenvalue weighted by Crippen LogP contribution is -2.37. The molecule has 3 aromatic carbocycles. The Balaban J connectivity index is 1.67. The van der Waals surface area contributed by atoms with Crippen molar-refractivity contribution >= 4 is 22.6 Å². The zero-order chi connectivity index (χ0) is 24.4. The van der Waals surface area contributed by atoms with Gasteiger partial charge in [0.05, 0.1) is 12.2 Å². The van der Waals surface area contributed by atoms with Gasteiger partial charge in [0.25, 0.3) is 0 Å². The lowest BCUT2D eigenvalue weighted by atomic mass is 10.0. The fourth-order valence-corrected chi connectivity index (χ4v) is 4.46. The Morgan fingerprint density at radius 2 is 1.32 bits per heavy atom. The third-order valence-corrected chi connectivity index (χ3v) is 7.00. The van der Waals surface area contributed by atoms with E-state index >= 15 is 0 Å². The zero-order valence-electron chi connectivity index (χ0n) is 21.4. The van der Waals surface area contributed by atoms with Gasteiger partial charge >= 0.3 is 0 Å². The molecule has 1 heterocycles. The Morgan fingerprint density at radius 3 is 1.82 bits per heavy atom. The summed E-state index contributed by atoms with van der Waals surface area (Å²) in [4.78, 5) is 2.31. The normalized spacial score (nSPS) is 20.2. The first-order valence-corrected chi connectivity index (χ1v) is 12.3. The highest BCUT2D eigenvalue weighted by molar-refractivity contribution is 5.79. The molecular weight excluding hydrogens is 418 g/mol. The maximum atomic E-state index is 6.16. The topological polar surface area (TPSA) is 21.7 Å². The molecule has 0 aliphatic carbocycles. The molecule has 0 amide bonds. The zero-order valence-corrected chi connectivity index (χ0v) is 21.4. The molecular formula is C31H37NO2. The summed E-state index contributed by atoms with van der Waals surface area (Å²) in [6.45, 7) is 17.2. The van der Waals surface area contributed by atoms with Crippen LogP contribution in [0.2, 0.25) is 0 Å². The van der Waals surface area contributed by atoms with Crippen LogP contribution in [0.25, 0.3) is 5.57 Å². The summed E-state index contributed by atoms with van der Waals surface area (Å²) in [6, 6.07) is 21.9. The third-order valence-electron chi connectivity index (χ3n) is 7.00. The van der Waals surface area contributed by atoms with E-state index in [1.54, 1.807) is 0 Å². The van der Waals surface area contributed by atoms with Crippen molar-refractivity contribution in [1.82, 2.24) is 0 Å². The summed E-state index contributed by atoms with van der Waals surface area (Å²) in [6.07, 6.45) is 1.91. The molecule has 1 saturated heterocycles. The minimum Gasteiger partial charge on any atom is -0.345 e. The van der Waals surface area contributed by atoms with Crippen molar-refractivity contribution in [1.29, 1.82) is 0 Å². The summed E-state index contributed by atoms with van der Waals surface area (Å²) in [5.74, 6) is 0. The van der Waals surface area contributed by atoms with E-state index in [4.69, 9.17) is 9.47 Å². The number of hydrogen-bond acceptors (Lipinski definition) is 3. The van der Waals surface area contributed by atoms with Crippen molar-refractivity contribution in [2.45, 2.75) is 72.9 Å². The van der Waals surface area contributed by atoms with Crippen molar-refractivity contribution < 1.29 is 9.47 Å². The minimum atomic E-state index is -0.393. The van der Waals surface area contributed by atoms with Crippen molar-refractivity contribution in [3.05, 3.63) is 95.1 Å². The highest BCUT2D eigenvalue weighted by Crippen LogP contribution is 2.37. The van der Waals surface area contributed by atoms with Crippen molar-refractivity contribution in [2.75, 3.05) is 4.90 Å². The van der Waals surface area contributed by atoms with Gasteiger partial charge in [0.15, 0.2) is 6.29 Å². The largest absolute Gasteiger partial charge is 0.345 e. The number of anilines is 3. The van der Waals surface area contributed by atoms with E-state index in [1.165, 1.54) is 22.3 Å². The molecule has 0 bridgehead atoms. The number of nitrogens with zero attached hydrogens (tertiary/aromatic N) is 1. The van der Waals surface area contributed by atoms with Crippen molar-refractivity contribution in [3.8, 4) is 0 Å². The average Bonchev–Trinajstić information content (AvgIpc) is 2.83. The lowest BCUT2D eigenvalue weighted by molar-refractivity contribution is -0.209. The Morgan fingerprint density at radius 1 is 0.794 bits per heavy atom. The van der Waals surface area contributed by atoms with Gasteiger partial charge in [0, 0.05) is 22.6 Å². The van der Waals surface area contributed by atoms with Gasteiger partial charge in [-0.2, -0.15) is 0 Å². The monoisotopic (exact) mass is 455 g/mol. The van der Waals surface area contributed by atoms with Crippen LogP contribution in [0.3, 0.4) is 0 Å². The van der Waals surface area contributed by atoms with Gasteiger partial charge in [0.1, 0.15) is 0 Å². The predicted molar refractivity (Wildman–Crippen MR) is 143 cm³/mol. The van der Waals surface area contributed by atoms with E-state index in [1.807, 2.05) is 0 Å². The van der Waals surface area contributed by atoms with E-state index in [9.17, 15) is 0 Å². The van der Waals surface area contributed by atoms with E-state index < -0.39 is 6.29 Å². The molecule has 0 saturated carbocycles. The molecule has 3 atom stereocenters. The maximum Gasteiger partial charge on any atom is 0.184 e. The van der Waals surface area contributed by atoms with Crippen molar-refractivity contribution in [2.24, 2.45) is 0 Å². The summed E-state index contributed by atoms with van der Waals surface area (Å²) in [5.41, 5.74) is 10.5. The average molecular weight is 456 g/mol. The molecule has 4 rings (SSSR count). The molecule has 0 aromatic heterocycles. The maximum absolute atomic E-state index is 6.16. The standard InChI is InChI=1S/C31H37NO2/c1-8-30-19-24(6)33-31(34-30)25(7)26-11-15-27(16-12-26)32(28-13-9-20(2)22(4)17-28)29-14-10-21(3)23(5)18-29/h9-18,24,30-31H,7-8,19H2,1-6H3. The molecule has 1 fully saturated rings. The van der Waals surface area contributed by atoms with Crippen LogP contribution in [-0.2, 0) is 9.47 Å². The first kappa shape index (κ1) is 24.3. The van der Waals surface area contributed by atoms with Crippen molar-refractivity contribution in [3.63, 3.8) is 0 Å². The van der Waals surface area contributed by atoms with Crippen LogP contribution < -0.4 is 4.90 Å². The van der Waals surface area contributed by atoms with Crippen LogP contribution in [-0.4, -0.2) is 18.5 Å². The van der Waals surface area contributed by atoms with Gasteiger partial charge in [0.2, 0.25) is 0 Å². The molecule has 3 unspecified atom stereocenters. The molecule has 3 heteroatoms. The molecule has 0 spiro atoms. The molecule has 0 radical (unpaired) electrons. The molecule has 1 aliphatic rings. The highest BCUT2D eigenvalue weighted by Gasteiger charge is 2.29. The van der Waals surface area contributed by atoms with E-state index in [0.717, 1.165) is 41.0 Å². The molecule has 3 nitrogen and oxygen atoms in total.